The molecule has 0 radical (unpaired) electrons. The predicted molar refractivity (Wildman–Crippen MR) is 51.3 cm³/mol. The molecule has 2 unspecified atom stereocenters. The van der Waals surface area contributed by atoms with Crippen LogP contribution in [0.2, 0.25) is 0 Å². The first-order valence-electron chi connectivity index (χ1n) is 4.70. The zero-order valence-electron chi connectivity index (χ0n) is 8.05. The Balaban J connectivity index is 2.28. The molecule has 1 heterocycles. The Morgan fingerprint density at radius 2 is 2.54 bits per heavy atom. The maximum atomic E-state index is 9.88. The molecule has 2 N–H and O–H groups in total. The van der Waals surface area contributed by atoms with Crippen molar-refractivity contribution >= 4 is 0 Å². The molecule has 0 aliphatic carbocycles. The fourth-order valence-corrected chi connectivity index (χ4v) is 1.37. The molecule has 0 saturated carbocycles. The van der Waals surface area contributed by atoms with Gasteiger partial charge in [-0.25, -0.2) is 0 Å². The van der Waals surface area contributed by atoms with Crippen LogP contribution in [0.5, 0.6) is 0 Å². The van der Waals surface area contributed by atoms with Crippen LogP contribution in [-0.2, 0) is 4.74 Å². The molecular weight excluding hydrogens is 166 g/mol. The van der Waals surface area contributed by atoms with Crippen LogP contribution < -0.4 is 5.32 Å². The minimum absolute atomic E-state index is 0.0598. The van der Waals surface area contributed by atoms with Crippen LogP contribution in [0.15, 0.2) is 0 Å². The highest BCUT2D eigenvalue weighted by Gasteiger charge is 2.32. The number of ether oxygens (including phenoxy) is 1. The Kier molecular flexibility index (Phi) is 3.73. The van der Waals surface area contributed by atoms with E-state index in [2.05, 4.69) is 11.2 Å². The van der Waals surface area contributed by atoms with E-state index in [-0.39, 0.29) is 6.04 Å². The third-order valence-electron chi connectivity index (χ3n) is 2.37. The molecule has 74 valence electrons. The SMILES string of the molecule is C#CC(CC)NCC1(O)CCOC1. The van der Waals surface area contributed by atoms with Crippen molar-refractivity contribution < 1.29 is 9.84 Å². The minimum atomic E-state index is -0.704. The molecule has 0 aromatic carbocycles. The molecule has 1 rings (SSSR count). The summed E-state index contributed by atoms with van der Waals surface area (Å²) in [5.74, 6) is 2.63. The first kappa shape index (κ1) is 10.5. The summed E-state index contributed by atoms with van der Waals surface area (Å²) >= 11 is 0. The van der Waals surface area contributed by atoms with E-state index in [1.165, 1.54) is 0 Å². The molecule has 2 atom stereocenters. The quantitative estimate of drug-likeness (QED) is 0.609. The molecule has 0 aromatic heterocycles. The smallest absolute Gasteiger partial charge is 0.103 e. The van der Waals surface area contributed by atoms with Crippen LogP contribution in [0.25, 0.3) is 0 Å². The van der Waals surface area contributed by atoms with E-state index in [4.69, 9.17) is 11.2 Å². The maximum absolute atomic E-state index is 9.88. The van der Waals surface area contributed by atoms with E-state index < -0.39 is 5.60 Å². The van der Waals surface area contributed by atoms with Gasteiger partial charge in [-0.2, -0.15) is 0 Å². The van der Waals surface area contributed by atoms with Gasteiger partial charge in [0.2, 0.25) is 0 Å². The maximum Gasteiger partial charge on any atom is 0.103 e. The van der Waals surface area contributed by atoms with Crippen LogP contribution in [0.1, 0.15) is 19.8 Å². The summed E-state index contributed by atoms with van der Waals surface area (Å²) in [6.45, 7) is 3.61. The van der Waals surface area contributed by atoms with Gasteiger partial charge in [-0.15, -0.1) is 6.42 Å². The van der Waals surface area contributed by atoms with Crippen LogP contribution in [0.4, 0.5) is 0 Å². The number of rotatable bonds is 4. The number of aliphatic hydroxyl groups is 1. The second-order valence-corrected chi connectivity index (χ2v) is 3.54. The van der Waals surface area contributed by atoms with Gasteiger partial charge in [0.15, 0.2) is 0 Å². The molecule has 0 amide bonds. The molecule has 1 saturated heterocycles. The lowest BCUT2D eigenvalue weighted by Gasteiger charge is -2.22. The van der Waals surface area contributed by atoms with Crippen LogP contribution in [0, 0.1) is 12.3 Å². The molecular formula is C10H17NO2. The van der Waals surface area contributed by atoms with E-state index in [9.17, 15) is 5.11 Å². The Bertz CT molecular complexity index is 192. The Labute approximate surface area is 79.5 Å². The summed E-state index contributed by atoms with van der Waals surface area (Å²) in [5, 5.41) is 13.0. The first-order chi connectivity index (χ1) is 6.20. The topological polar surface area (TPSA) is 41.5 Å². The number of terminal acetylenes is 1. The van der Waals surface area contributed by atoms with Gasteiger partial charge in [0.05, 0.1) is 12.6 Å². The van der Waals surface area contributed by atoms with Crippen molar-refractivity contribution in [1.29, 1.82) is 0 Å². The van der Waals surface area contributed by atoms with Crippen molar-refractivity contribution in [2.45, 2.75) is 31.4 Å². The molecule has 3 nitrogen and oxygen atoms in total. The van der Waals surface area contributed by atoms with Crippen molar-refractivity contribution in [3.05, 3.63) is 0 Å². The van der Waals surface area contributed by atoms with Gasteiger partial charge < -0.3 is 15.2 Å². The van der Waals surface area contributed by atoms with Crippen LogP contribution in [0.3, 0.4) is 0 Å². The highest BCUT2D eigenvalue weighted by molar-refractivity contribution is 4.99. The highest BCUT2D eigenvalue weighted by Crippen LogP contribution is 2.17. The van der Waals surface area contributed by atoms with Gasteiger partial charge in [0, 0.05) is 19.6 Å². The molecule has 0 spiro atoms. The Hall–Kier alpha value is -0.560. The second-order valence-electron chi connectivity index (χ2n) is 3.54. The van der Waals surface area contributed by atoms with Crippen LogP contribution >= 0.6 is 0 Å². The van der Waals surface area contributed by atoms with Gasteiger partial charge in [-0.3, -0.25) is 0 Å². The number of hydrogen-bond donors (Lipinski definition) is 2. The third kappa shape index (κ3) is 3.00. The number of hydrogen-bond acceptors (Lipinski definition) is 3. The standard InChI is InChI=1S/C10H17NO2/c1-3-9(4-2)11-7-10(12)5-6-13-8-10/h1,9,11-12H,4-8H2,2H3. The molecule has 1 aliphatic rings. The Morgan fingerprint density at radius 1 is 1.77 bits per heavy atom. The van der Waals surface area contributed by atoms with Gasteiger partial charge in [0.25, 0.3) is 0 Å². The van der Waals surface area contributed by atoms with Gasteiger partial charge >= 0.3 is 0 Å². The fraction of sp³-hybridized carbons (Fsp3) is 0.800. The van der Waals surface area contributed by atoms with Crippen molar-refractivity contribution in [1.82, 2.24) is 5.32 Å². The van der Waals surface area contributed by atoms with E-state index >= 15 is 0 Å². The minimum Gasteiger partial charge on any atom is -0.386 e. The third-order valence-corrected chi connectivity index (χ3v) is 2.37. The summed E-state index contributed by atoms with van der Waals surface area (Å²) in [6.07, 6.45) is 6.86. The van der Waals surface area contributed by atoms with Gasteiger partial charge in [-0.1, -0.05) is 12.8 Å². The van der Waals surface area contributed by atoms with E-state index in [0.29, 0.717) is 26.2 Å². The second kappa shape index (κ2) is 4.61. The summed E-state index contributed by atoms with van der Waals surface area (Å²) in [6, 6.07) is 0.0598. The summed E-state index contributed by atoms with van der Waals surface area (Å²) in [4.78, 5) is 0. The van der Waals surface area contributed by atoms with E-state index in [1.54, 1.807) is 0 Å². The summed E-state index contributed by atoms with van der Waals surface area (Å²) < 4.78 is 5.12. The Morgan fingerprint density at radius 3 is 3.00 bits per heavy atom. The van der Waals surface area contributed by atoms with E-state index in [1.807, 2.05) is 6.92 Å². The van der Waals surface area contributed by atoms with E-state index in [0.717, 1.165) is 6.42 Å². The average Bonchev–Trinajstić information content (AvgIpc) is 2.55. The number of nitrogens with one attached hydrogen (secondary N) is 1. The summed E-state index contributed by atoms with van der Waals surface area (Å²) in [7, 11) is 0. The molecule has 1 fully saturated rings. The fourth-order valence-electron chi connectivity index (χ4n) is 1.37. The summed E-state index contributed by atoms with van der Waals surface area (Å²) in [5.41, 5.74) is -0.704. The molecule has 0 bridgehead atoms. The van der Waals surface area contributed by atoms with Crippen molar-refractivity contribution in [3.8, 4) is 12.3 Å². The van der Waals surface area contributed by atoms with Crippen LogP contribution in [-0.4, -0.2) is 36.5 Å². The lowest BCUT2D eigenvalue weighted by molar-refractivity contribution is 0.0260. The predicted octanol–water partition coefficient (Wildman–Crippen LogP) is 0.139. The molecule has 0 aromatic rings. The molecule has 3 heteroatoms. The van der Waals surface area contributed by atoms with Gasteiger partial charge in [0.1, 0.15) is 5.60 Å². The lowest BCUT2D eigenvalue weighted by atomic mass is 10.0. The zero-order chi connectivity index (χ0) is 9.73. The molecule has 13 heavy (non-hydrogen) atoms. The average molecular weight is 183 g/mol. The van der Waals surface area contributed by atoms with Crippen molar-refractivity contribution in [3.63, 3.8) is 0 Å². The lowest BCUT2D eigenvalue weighted by Crippen LogP contribution is -2.44. The largest absolute Gasteiger partial charge is 0.386 e. The van der Waals surface area contributed by atoms with Crippen molar-refractivity contribution in [2.24, 2.45) is 0 Å². The zero-order valence-corrected chi connectivity index (χ0v) is 8.05. The molecule has 1 aliphatic heterocycles. The van der Waals surface area contributed by atoms with Gasteiger partial charge in [-0.05, 0) is 6.42 Å². The first-order valence-corrected chi connectivity index (χ1v) is 4.70. The highest BCUT2D eigenvalue weighted by atomic mass is 16.5. The monoisotopic (exact) mass is 183 g/mol. The van der Waals surface area contributed by atoms with Crippen molar-refractivity contribution in [2.75, 3.05) is 19.8 Å². The normalized spacial score (nSPS) is 29.9.